The molecule has 6 nitrogen and oxygen atoms in total. The molecular weight excluding hydrogens is 461 g/mol. The summed E-state index contributed by atoms with van der Waals surface area (Å²) in [6, 6.07) is 0. The van der Waals surface area contributed by atoms with Crippen LogP contribution in [0.1, 0.15) is 0 Å². The summed E-state index contributed by atoms with van der Waals surface area (Å²) < 4.78 is 34.5. The number of hydrogen-bond donors (Lipinski definition) is 0. The first-order valence-electron chi connectivity index (χ1n) is 0.885. The van der Waals surface area contributed by atoms with Gasteiger partial charge in [0.15, 0.2) is 0 Å². The van der Waals surface area contributed by atoms with Crippen molar-refractivity contribution in [3.63, 3.8) is 0 Å². The van der Waals surface area contributed by atoms with Crippen LogP contribution in [-0.2, 0) is 23.5 Å². The monoisotopic (exact) mass is 470 g/mol. The predicted molar refractivity (Wildman–Crippen MR) is 30.7 cm³/mol. The average molecular weight is 466 g/mol. The van der Waals surface area contributed by atoms with Crippen LogP contribution in [-0.4, -0.2) is 45.3 Å². The third-order valence-electron chi connectivity index (χ3n) is 0. The SMILES string of the molecule is [Cl][SnH+2].[NH2-].[NH2-].[O]=[Mo](=[O])([O-])[O-].[Sn+2]. The molecule has 0 atom stereocenters. The van der Waals surface area contributed by atoms with Crippen LogP contribution in [0, 0.1) is 0 Å². The minimum absolute atomic E-state index is 0. The van der Waals surface area contributed by atoms with E-state index in [1.54, 1.807) is 0 Å². The largest absolute Gasteiger partial charge is 2.00 e. The number of rotatable bonds is 0. The number of halogens is 1. The van der Waals surface area contributed by atoms with Gasteiger partial charge in [-0.2, -0.15) is 0 Å². The molecule has 60 valence electrons. The third-order valence-corrected chi connectivity index (χ3v) is 0. The Morgan fingerprint density at radius 2 is 1.10 bits per heavy atom. The quantitative estimate of drug-likeness (QED) is 0.399. The van der Waals surface area contributed by atoms with E-state index >= 15 is 0 Å². The van der Waals surface area contributed by atoms with Crippen molar-refractivity contribution in [1.82, 2.24) is 0 Å². The molecule has 0 unspecified atom stereocenters. The van der Waals surface area contributed by atoms with Gasteiger partial charge in [-0.3, -0.25) is 0 Å². The molecule has 0 spiro atoms. The van der Waals surface area contributed by atoms with Crippen LogP contribution in [0.3, 0.4) is 0 Å². The van der Waals surface area contributed by atoms with E-state index in [9.17, 15) is 0 Å². The van der Waals surface area contributed by atoms with Crippen LogP contribution < -0.4 is 7.52 Å². The maximum absolute atomic E-state index is 8.63. The fourth-order valence-electron chi connectivity index (χ4n) is 0. The van der Waals surface area contributed by atoms with Crippen molar-refractivity contribution in [3.05, 3.63) is 12.3 Å². The summed E-state index contributed by atoms with van der Waals surface area (Å²) in [6.07, 6.45) is 0. The van der Waals surface area contributed by atoms with Gasteiger partial charge < -0.3 is 12.3 Å². The molecule has 0 aliphatic carbocycles. The maximum Gasteiger partial charge on any atom is 2.00 e. The zero-order chi connectivity index (χ0) is 6.50. The standard InChI is InChI=1S/ClH.Mo.2H2N.4O.2Sn.H/h1H;;2*1H2;;;;;;;/q;;2*-1;;;2*-1;+2;+3;/p-1. The van der Waals surface area contributed by atoms with Gasteiger partial charge in [-0.1, -0.05) is 0 Å². The van der Waals surface area contributed by atoms with Gasteiger partial charge in [0.2, 0.25) is 0 Å². The summed E-state index contributed by atoms with van der Waals surface area (Å²) in [5.74, 6) is 0. The molecule has 2 radical (unpaired) electrons. The molecule has 0 aromatic carbocycles. The number of hydrogen-bond acceptors (Lipinski definition) is 4. The van der Waals surface area contributed by atoms with Crippen LogP contribution in [0.2, 0.25) is 0 Å². The van der Waals surface area contributed by atoms with Crippen molar-refractivity contribution >= 4 is 54.2 Å². The molecule has 0 fully saturated rings. The summed E-state index contributed by atoms with van der Waals surface area (Å²) in [6.45, 7) is 0. The van der Waals surface area contributed by atoms with Gasteiger partial charge in [-0.05, 0) is 0 Å². The van der Waals surface area contributed by atoms with Gasteiger partial charge in [0, 0.05) is 0 Å². The summed E-state index contributed by atoms with van der Waals surface area (Å²) in [4.78, 5) is 0. The Morgan fingerprint density at radius 1 is 1.10 bits per heavy atom. The van der Waals surface area contributed by atoms with Gasteiger partial charge >= 0.3 is 85.3 Å². The fourth-order valence-corrected chi connectivity index (χ4v) is 0. The molecule has 0 saturated heterocycles. The van der Waals surface area contributed by atoms with Crippen LogP contribution in [0.4, 0.5) is 0 Å². The second kappa shape index (κ2) is 17.2. The molecule has 0 aliphatic heterocycles. The zero-order valence-electron chi connectivity index (χ0n) is 4.65. The molecule has 0 rings (SSSR count). The van der Waals surface area contributed by atoms with E-state index in [0.717, 1.165) is 21.4 Å². The number of nitrogens with two attached hydrogens (primary N) is 2. The molecule has 0 aliphatic rings. The van der Waals surface area contributed by atoms with E-state index in [2.05, 4.69) is 0 Å². The van der Waals surface area contributed by atoms with Crippen molar-refractivity contribution in [2.45, 2.75) is 0 Å². The molecule has 0 aromatic heterocycles. The summed E-state index contributed by atoms with van der Waals surface area (Å²) in [7, 11) is 4.77. The van der Waals surface area contributed by atoms with E-state index in [1.807, 2.05) is 0 Å². The van der Waals surface area contributed by atoms with Gasteiger partial charge in [0.05, 0.1) is 0 Å². The van der Waals surface area contributed by atoms with Crippen molar-refractivity contribution in [1.29, 1.82) is 0 Å². The average Bonchev–Trinajstić information content (AvgIpc) is 1.36. The van der Waals surface area contributed by atoms with Crippen LogP contribution in [0.15, 0.2) is 0 Å². The van der Waals surface area contributed by atoms with Crippen molar-refractivity contribution in [3.8, 4) is 0 Å². The Morgan fingerprint density at radius 3 is 1.10 bits per heavy atom. The molecule has 0 amide bonds. The van der Waals surface area contributed by atoms with Crippen LogP contribution in [0.25, 0.3) is 12.3 Å². The van der Waals surface area contributed by atoms with Gasteiger partial charge in [-0.25, -0.2) is 0 Å². The van der Waals surface area contributed by atoms with Gasteiger partial charge in [0.25, 0.3) is 0 Å². The summed E-state index contributed by atoms with van der Waals surface area (Å²) in [5, 5.41) is 0. The van der Waals surface area contributed by atoms with E-state index in [1.165, 1.54) is 0 Å². The predicted octanol–water partition coefficient (Wildman–Crippen LogP) is -1.52. The molecule has 4 N–H and O–H groups in total. The molecule has 0 saturated carbocycles. The molecule has 0 bridgehead atoms. The maximum atomic E-state index is 8.63. The topological polar surface area (TPSA) is 147 Å². The smallest absolute Gasteiger partial charge is 2.00 e. The van der Waals surface area contributed by atoms with E-state index < -0.39 is 16.7 Å². The molecule has 10 heteroatoms. The van der Waals surface area contributed by atoms with Crippen molar-refractivity contribution in [2.24, 2.45) is 0 Å². The summed E-state index contributed by atoms with van der Waals surface area (Å²) in [5.41, 5.74) is 0. The van der Waals surface area contributed by atoms with Crippen molar-refractivity contribution in [2.75, 3.05) is 0 Å². The van der Waals surface area contributed by atoms with Crippen LogP contribution >= 0.6 is 8.92 Å². The minimum atomic E-state index is -6.02. The zero-order valence-corrected chi connectivity index (χ0v) is 13.6. The van der Waals surface area contributed by atoms with Crippen molar-refractivity contribution < 1.29 is 31.1 Å². The molecular formula is H5ClMoN2O4Sn2. The Hall–Kier alpha value is 2.02. The molecule has 0 heterocycles. The minimum Gasteiger partial charge on any atom is 2.00 e. The Labute approximate surface area is 96.4 Å². The first kappa shape index (κ1) is 29.6. The van der Waals surface area contributed by atoms with Gasteiger partial charge in [0.1, 0.15) is 0 Å². The van der Waals surface area contributed by atoms with Gasteiger partial charge in [-0.15, -0.1) is 0 Å². The normalized spacial score (nSPS) is 6.20. The Kier molecular flexibility index (Phi) is 50.9. The second-order valence-corrected chi connectivity index (χ2v) is 2.42. The second-order valence-electron chi connectivity index (χ2n) is 0.408. The first-order chi connectivity index (χ1) is 3.00. The van der Waals surface area contributed by atoms with E-state index in [4.69, 9.17) is 23.2 Å². The van der Waals surface area contributed by atoms with E-state index in [-0.39, 0.29) is 36.2 Å². The summed E-state index contributed by atoms with van der Waals surface area (Å²) >= 11 is -5.20. The third kappa shape index (κ3) is 200. The Bertz CT molecular complexity index is 104. The Balaban J connectivity index is -0.0000000154. The van der Waals surface area contributed by atoms with Crippen LogP contribution in [0.5, 0.6) is 0 Å². The molecule has 0 aromatic rings. The first-order valence-corrected chi connectivity index (χ1v) is 8.34. The fraction of sp³-hybridized carbons (Fsp3) is 0. The van der Waals surface area contributed by atoms with E-state index in [0.29, 0.717) is 0 Å². The molecule has 10 heavy (non-hydrogen) atoms.